The smallest absolute Gasteiger partial charge is 0.315 e. The van der Waals surface area contributed by atoms with Crippen LogP contribution in [0.2, 0.25) is 0 Å². The molecule has 2 aromatic carbocycles. The third-order valence-corrected chi connectivity index (χ3v) is 4.26. The molecule has 124 valence electrons. The summed E-state index contributed by atoms with van der Waals surface area (Å²) in [5.41, 5.74) is 3.09. The van der Waals surface area contributed by atoms with E-state index in [0.717, 1.165) is 22.0 Å². The Balaban J connectivity index is 1.39. The van der Waals surface area contributed by atoms with Crippen LogP contribution >= 0.6 is 0 Å². The van der Waals surface area contributed by atoms with Crippen molar-refractivity contribution in [2.24, 2.45) is 0 Å². The van der Waals surface area contributed by atoms with Crippen molar-refractivity contribution in [3.63, 3.8) is 0 Å². The standard InChI is InChI=1S/C20H18N4O/c25-20(22-13-17-14-23-24-11-4-3-10-19(17)24)21-12-16-8-5-7-15-6-1-2-9-18(15)16/h1-11,14H,12-13H2,(H2,21,22,25). The highest BCUT2D eigenvalue weighted by Gasteiger charge is 2.06. The second-order valence-electron chi connectivity index (χ2n) is 5.87. The highest BCUT2D eigenvalue weighted by atomic mass is 16.2. The number of carbonyl (C=O) groups excluding carboxylic acids is 1. The number of urea groups is 1. The molecule has 0 fully saturated rings. The average Bonchev–Trinajstić information content (AvgIpc) is 3.08. The number of carbonyl (C=O) groups is 1. The molecule has 0 aliphatic carbocycles. The van der Waals surface area contributed by atoms with Gasteiger partial charge in [0.05, 0.1) is 11.7 Å². The van der Waals surface area contributed by atoms with Gasteiger partial charge in [-0.25, -0.2) is 9.31 Å². The summed E-state index contributed by atoms with van der Waals surface area (Å²) in [5.74, 6) is 0. The quantitative estimate of drug-likeness (QED) is 0.602. The minimum absolute atomic E-state index is 0.191. The summed E-state index contributed by atoms with van der Waals surface area (Å²) in [4.78, 5) is 12.1. The molecule has 0 spiro atoms. The van der Waals surface area contributed by atoms with Gasteiger partial charge in [0, 0.05) is 24.8 Å². The van der Waals surface area contributed by atoms with Gasteiger partial charge in [0.25, 0.3) is 0 Å². The van der Waals surface area contributed by atoms with Gasteiger partial charge >= 0.3 is 6.03 Å². The number of benzene rings is 2. The van der Waals surface area contributed by atoms with Crippen molar-refractivity contribution in [3.8, 4) is 0 Å². The number of nitrogens with zero attached hydrogens (tertiary/aromatic N) is 2. The van der Waals surface area contributed by atoms with Crippen molar-refractivity contribution < 1.29 is 4.79 Å². The molecule has 25 heavy (non-hydrogen) atoms. The van der Waals surface area contributed by atoms with Gasteiger partial charge in [0.15, 0.2) is 0 Å². The topological polar surface area (TPSA) is 58.4 Å². The maximum Gasteiger partial charge on any atom is 0.315 e. The molecular formula is C20H18N4O. The number of aromatic nitrogens is 2. The molecule has 2 heterocycles. The summed E-state index contributed by atoms with van der Waals surface area (Å²) in [6.07, 6.45) is 3.67. The maximum absolute atomic E-state index is 12.1. The zero-order valence-corrected chi connectivity index (χ0v) is 13.6. The number of hydrogen-bond acceptors (Lipinski definition) is 2. The molecule has 0 aliphatic heterocycles. The highest BCUT2D eigenvalue weighted by Crippen LogP contribution is 2.18. The predicted octanol–water partition coefficient (Wildman–Crippen LogP) is 3.49. The van der Waals surface area contributed by atoms with Crippen LogP contribution in [-0.4, -0.2) is 15.6 Å². The summed E-state index contributed by atoms with van der Waals surface area (Å²) < 4.78 is 1.80. The van der Waals surface area contributed by atoms with Crippen LogP contribution in [0.4, 0.5) is 4.79 Å². The second-order valence-corrected chi connectivity index (χ2v) is 5.87. The fourth-order valence-corrected chi connectivity index (χ4v) is 2.98. The van der Waals surface area contributed by atoms with Gasteiger partial charge in [0.1, 0.15) is 0 Å². The summed E-state index contributed by atoms with van der Waals surface area (Å²) in [5, 5.41) is 12.4. The van der Waals surface area contributed by atoms with Gasteiger partial charge in [-0.1, -0.05) is 48.5 Å². The normalized spacial score (nSPS) is 10.9. The van der Waals surface area contributed by atoms with E-state index in [-0.39, 0.29) is 6.03 Å². The molecule has 4 aromatic rings. The summed E-state index contributed by atoms with van der Waals surface area (Å²) in [7, 11) is 0. The van der Waals surface area contributed by atoms with Crippen molar-refractivity contribution in [3.05, 3.63) is 84.2 Å². The molecule has 5 heteroatoms. The lowest BCUT2D eigenvalue weighted by Gasteiger charge is -2.09. The van der Waals surface area contributed by atoms with E-state index in [1.54, 1.807) is 10.7 Å². The van der Waals surface area contributed by atoms with E-state index in [4.69, 9.17) is 0 Å². The summed E-state index contributed by atoms with van der Waals surface area (Å²) >= 11 is 0. The number of rotatable bonds is 4. The van der Waals surface area contributed by atoms with E-state index < -0.39 is 0 Å². The average molecular weight is 330 g/mol. The minimum atomic E-state index is -0.191. The third-order valence-electron chi connectivity index (χ3n) is 4.26. The van der Waals surface area contributed by atoms with Crippen molar-refractivity contribution >= 4 is 22.3 Å². The van der Waals surface area contributed by atoms with E-state index in [1.165, 1.54) is 5.39 Å². The fraction of sp³-hybridized carbons (Fsp3) is 0.100. The Labute approximate surface area is 145 Å². The lowest BCUT2D eigenvalue weighted by Crippen LogP contribution is -2.34. The lowest BCUT2D eigenvalue weighted by atomic mass is 10.0. The fourth-order valence-electron chi connectivity index (χ4n) is 2.98. The zero-order chi connectivity index (χ0) is 17.1. The summed E-state index contributed by atoms with van der Waals surface area (Å²) in [6, 6.07) is 20.0. The molecule has 0 unspecified atom stereocenters. The van der Waals surface area contributed by atoms with Crippen LogP contribution in [-0.2, 0) is 13.1 Å². The first kappa shape index (κ1) is 15.2. The first-order chi connectivity index (χ1) is 12.3. The van der Waals surface area contributed by atoms with Crippen LogP contribution in [0.25, 0.3) is 16.3 Å². The van der Waals surface area contributed by atoms with Crippen LogP contribution in [0.15, 0.2) is 73.1 Å². The van der Waals surface area contributed by atoms with Gasteiger partial charge in [0.2, 0.25) is 0 Å². The van der Waals surface area contributed by atoms with Crippen molar-refractivity contribution in [1.29, 1.82) is 0 Å². The van der Waals surface area contributed by atoms with Crippen molar-refractivity contribution in [2.45, 2.75) is 13.1 Å². The number of pyridine rings is 1. The van der Waals surface area contributed by atoms with E-state index in [2.05, 4.69) is 33.9 Å². The second kappa shape index (κ2) is 6.65. The maximum atomic E-state index is 12.1. The number of amides is 2. The van der Waals surface area contributed by atoms with E-state index in [1.807, 2.05) is 48.7 Å². The van der Waals surface area contributed by atoms with Gasteiger partial charge in [-0.05, 0) is 28.5 Å². The minimum Gasteiger partial charge on any atom is -0.334 e. The largest absolute Gasteiger partial charge is 0.334 e. The lowest BCUT2D eigenvalue weighted by molar-refractivity contribution is 0.240. The monoisotopic (exact) mass is 330 g/mol. The van der Waals surface area contributed by atoms with Gasteiger partial charge < -0.3 is 10.6 Å². The van der Waals surface area contributed by atoms with E-state index in [0.29, 0.717) is 13.1 Å². The van der Waals surface area contributed by atoms with Gasteiger partial charge in [-0.2, -0.15) is 5.10 Å². The van der Waals surface area contributed by atoms with Crippen molar-refractivity contribution in [2.75, 3.05) is 0 Å². The first-order valence-corrected chi connectivity index (χ1v) is 8.21. The molecule has 0 bridgehead atoms. The van der Waals surface area contributed by atoms with Gasteiger partial charge in [-0.3, -0.25) is 0 Å². The molecule has 2 aromatic heterocycles. The Bertz CT molecular complexity index is 1030. The van der Waals surface area contributed by atoms with Crippen LogP contribution in [0.3, 0.4) is 0 Å². The molecule has 5 nitrogen and oxygen atoms in total. The number of hydrogen-bond donors (Lipinski definition) is 2. The Kier molecular flexibility index (Phi) is 4.04. The molecule has 0 atom stereocenters. The molecule has 0 saturated carbocycles. The molecule has 0 aliphatic rings. The number of nitrogens with one attached hydrogen (secondary N) is 2. The molecule has 4 rings (SSSR count). The summed E-state index contributed by atoms with van der Waals surface area (Å²) in [6.45, 7) is 0.927. The SMILES string of the molecule is O=C(NCc1cccc2ccccc12)NCc1cnn2ccccc12. The van der Waals surface area contributed by atoms with Crippen LogP contribution < -0.4 is 10.6 Å². The van der Waals surface area contributed by atoms with E-state index >= 15 is 0 Å². The Morgan fingerprint density at radius 3 is 2.56 bits per heavy atom. The first-order valence-electron chi connectivity index (χ1n) is 8.21. The van der Waals surface area contributed by atoms with Gasteiger partial charge in [-0.15, -0.1) is 0 Å². The van der Waals surface area contributed by atoms with Crippen molar-refractivity contribution in [1.82, 2.24) is 20.2 Å². The number of fused-ring (bicyclic) bond motifs is 2. The Hall–Kier alpha value is -3.34. The Morgan fingerprint density at radius 1 is 0.880 bits per heavy atom. The zero-order valence-electron chi connectivity index (χ0n) is 13.6. The molecular weight excluding hydrogens is 312 g/mol. The van der Waals surface area contributed by atoms with E-state index in [9.17, 15) is 4.79 Å². The van der Waals surface area contributed by atoms with Crippen LogP contribution in [0, 0.1) is 0 Å². The van der Waals surface area contributed by atoms with Crippen LogP contribution in [0.1, 0.15) is 11.1 Å². The highest BCUT2D eigenvalue weighted by molar-refractivity contribution is 5.86. The third kappa shape index (κ3) is 3.17. The molecule has 2 N–H and O–H groups in total. The predicted molar refractivity (Wildman–Crippen MR) is 98.2 cm³/mol. The van der Waals surface area contributed by atoms with Crippen LogP contribution in [0.5, 0.6) is 0 Å². The molecule has 0 saturated heterocycles. The Morgan fingerprint density at radius 2 is 1.64 bits per heavy atom. The molecule has 0 radical (unpaired) electrons. The molecule has 2 amide bonds.